The smallest absolute Gasteiger partial charge is 0.320 e. The van der Waals surface area contributed by atoms with Crippen LogP contribution in [0.2, 0.25) is 0 Å². The molecule has 110 valence electrons. The van der Waals surface area contributed by atoms with Crippen LogP contribution < -0.4 is 0 Å². The van der Waals surface area contributed by atoms with Gasteiger partial charge in [-0.25, -0.2) is 4.98 Å². The highest BCUT2D eigenvalue weighted by Gasteiger charge is 2.30. The largest absolute Gasteiger partial charge is 0.480 e. The van der Waals surface area contributed by atoms with E-state index in [9.17, 15) is 9.90 Å². The first-order valence-electron chi connectivity index (χ1n) is 7.16. The van der Waals surface area contributed by atoms with Crippen LogP contribution >= 0.6 is 11.3 Å². The van der Waals surface area contributed by atoms with Crippen LogP contribution in [0.5, 0.6) is 0 Å². The van der Waals surface area contributed by atoms with Crippen molar-refractivity contribution >= 4 is 17.3 Å². The van der Waals surface area contributed by atoms with Crippen molar-refractivity contribution in [2.75, 3.05) is 6.54 Å². The summed E-state index contributed by atoms with van der Waals surface area (Å²) in [6, 6.07) is 9.93. The minimum atomic E-state index is -0.716. The summed E-state index contributed by atoms with van der Waals surface area (Å²) in [7, 11) is 0. The lowest BCUT2D eigenvalue weighted by atomic mass is 10.2. The van der Waals surface area contributed by atoms with E-state index in [0.717, 1.165) is 36.5 Å². The molecule has 1 aliphatic heterocycles. The second kappa shape index (κ2) is 6.37. The minimum Gasteiger partial charge on any atom is -0.480 e. The fourth-order valence-corrected chi connectivity index (χ4v) is 3.60. The summed E-state index contributed by atoms with van der Waals surface area (Å²) in [5.41, 5.74) is 2.24. The van der Waals surface area contributed by atoms with Gasteiger partial charge in [0.15, 0.2) is 0 Å². The zero-order valence-electron chi connectivity index (χ0n) is 11.7. The van der Waals surface area contributed by atoms with E-state index >= 15 is 0 Å². The highest BCUT2D eigenvalue weighted by atomic mass is 32.1. The molecule has 1 aromatic heterocycles. The molecule has 0 radical (unpaired) electrons. The molecule has 4 nitrogen and oxygen atoms in total. The highest BCUT2D eigenvalue weighted by molar-refractivity contribution is 7.09. The average Bonchev–Trinajstić information content (AvgIpc) is 3.10. The molecule has 1 saturated heterocycles. The van der Waals surface area contributed by atoms with Crippen LogP contribution in [0.15, 0.2) is 35.7 Å². The van der Waals surface area contributed by atoms with Gasteiger partial charge in [0, 0.05) is 18.3 Å². The molecule has 0 spiro atoms. The van der Waals surface area contributed by atoms with E-state index in [1.807, 2.05) is 23.1 Å². The van der Waals surface area contributed by atoms with Gasteiger partial charge in [-0.2, -0.15) is 0 Å². The standard InChI is InChI=1S/C16H18N2O2S/c19-16(20)14-7-4-8-18(14)10-13-11-21-15(17-13)9-12-5-2-1-3-6-12/h1-3,5-6,11,14H,4,7-10H2,(H,19,20). The Hall–Kier alpha value is -1.72. The number of hydrogen-bond donors (Lipinski definition) is 1. The second-order valence-electron chi connectivity index (χ2n) is 5.36. The molecular formula is C16H18N2O2S. The molecule has 2 heterocycles. The molecule has 2 aromatic rings. The molecule has 0 amide bonds. The molecule has 1 aromatic carbocycles. The molecule has 21 heavy (non-hydrogen) atoms. The summed E-state index contributed by atoms with van der Waals surface area (Å²) in [6.07, 6.45) is 2.54. The van der Waals surface area contributed by atoms with Gasteiger partial charge in [0.05, 0.1) is 10.7 Å². The van der Waals surface area contributed by atoms with Crippen molar-refractivity contribution in [1.29, 1.82) is 0 Å². The van der Waals surface area contributed by atoms with Crippen molar-refractivity contribution in [1.82, 2.24) is 9.88 Å². The van der Waals surface area contributed by atoms with Gasteiger partial charge in [0.25, 0.3) is 0 Å². The number of aliphatic carboxylic acids is 1. The summed E-state index contributed by atoms with van der Waals surface area (Å²) >= 11 is 1.65. The first kappa shape index (κ1) is 14.2. The number of aromatic nitrogens is 1. The molecule has 3 rings (SSSR count). The van der Waals surface area contributed by atoms with E-state index in [0.29, 0.717) is 6.54 Å². The number of nitrogens with zero attached hydrogens (tertiary/aromatic N) is 2. The maximum absolute atomic E-state index is 11.2. The number of thiazole rings is 1. The van der Waals surface area contributed by atoms with Gasteiger partial charge >= 0.3 is 5.97 Å². The highest BCUT2D eigenvalue weighted by Crippen LogP contribution is 2.22. The number of likely N-dealkylation sites (tertiary alicyclic amines) is 1. The first-order chi connectivity index (χ1) is 10.2. The van der Waals surface area contributed by atoms with Crippen molar-refractivity contribution < 1.29 is 9.90 Å². The molecule has 0 aliphatic carbocycles. The van der Waals surface area contributed by atoms with Crippen LogP contribution in [0.25, 0.3) is 0 Å². The molecule has 1 aliphatic rings. The number of carbonyl (C=O) groups is 1. The molecular weight excluding hydrogens is 284 g/mol. The Morgan fingerprint density at radius 2 is 2.19 bits per heavy atom. The maximum Gasteiger partial charge on any atom is 0.320 e. The predicted octanol–water partition coefficient (Wildman–Crippen LogP) is 2.78. The number of carboxylic acid groups (broad SMARTS) is 1. The lowest BCUT2D eigenvalue weighted by Crippen LogP contribution is -2.35. The molecule has 5 heteroatoms. The third-order valence-corrected chi connectivity index (χ3v) is 4.71. The topological polar surface area (TPSA) is 53.4 Å². The van der Waals surface area contributed by atoms with Crippen LogP contribution in [0, 0.1) is 0 Å². The quantitative estimate of drug-likeness (QED) is 0.923. The number of benzene rings is 1. The van der Waals surface area contributed by atoms with Crippen LogP contribution in [0.1, 0.15) is 29.1 Å². The Bertz CT molecular complexity index is 612. The zero-order chi connectivity index (χ0) is 14.7. The maximum atomic E-state index is 11.2. The molecule has 1 atom stereocenters. The lowest BCUT2D eigenvalue weighted by molar-refractivity contribution is -0.142. The summed E-state index contributed by atoms with van der Waals surface area (Å²) < 4.78 is 0. The summed E-state index contributed by atoms with van der Waals surface area (Å²) in [6.45, 7) is 1.49. The zero-order valence-corrected chi connectivity index (χ0v) is 12.6. The van der Waals surface area contributed by atoms with Gasteiger partial charge in [-0.3, -0.25) is 9.69 Å². The Morgan fingerprint density at radius 3 is 2.95 bits per heavy atom. The minimum absolute atomic E-state index is 0.343. The van der Waals surface area contributed by atoms with Gasteiger partial charge in [-0.1, -0.05) is 30.3 Å². The molecule has 1 fully saturated rings. The van der Waals surface area contributed by atoms with Gasteiger partial charge in [0.2, 0.25) is 0 Å². The Balaban J connectivity index is 1.64. The van der Waals surface area contributed by atoms with Crippen molar-refractivity contribution in [2.45, 2.75) is 31.8 Å². The Kier molecular flexibility index (Phi) is 4.31. The van der Waals surface area contributed by atoms with E-state index in [1.54, 1.807) is 11.3 Å². The third kappa shape index (κ3) is 3.49. The SMILES string of the molecule is O=C(O)C1CCCN1Cc1csc(Cc2ccccc2)n1. The van der Waals surface area contributed by atoms with E-state index < -0.39 is 5.97 Å². The van der Waals surface area contributed by atoms with Crippen molar-refractivity contribution in [3.63, 3.8) is 0 Å². The fraction of sp³-hybridized carbons (Fsp3) is 0.375. The van der Waals surface area contributed by atoms with Crippen LogP contribution in [-0.2, 0) is 17.8 Å². The Morgan fingerprint density at radius 1 is 1.38 bits per heavy atom. The second-order valence-corrected chi connectivity index (χ2v) is 6.30. The van der Waals surface area contributed by atoms with E-state index in [1.165, 1.54) is 5.56 Å². The van der Waals surface area contributed by atoms with Crippen LogP contribution in [0.4, 0.5) is 0 Å². The van der Waals surface area contributed by atoms with E-state index in [2.05, 4.69) is 22.5 Å². The van der Waals surface area contributed by atoms with Crippen LogP contribution in [0.3, 0.4) is 0 Å². The van der Waals surface area contributed by atoms with Gasteiger partial charge in [-0.05, 0) is 24.9 Å². The monoisotopic (exact) mass is 302 g/mol. The third-order valence-electron chi connectivity index (χ3n) is 3.81. The molecule has 0 bridgehead atoms. The van der Waals surface area contributed by atoms with Gasteiger partial charge in [-0.15, -0.1) is 11.3 Å². The number of carboxylic acids is 1. The summed E-state index contributed by atoms with van der Waals surface area (Å²) in [5, 5.41) is 12.3. The van der Waals surface area contributed by atoms with Crippen molar-refractivity contribution in [3.8, 4) is 0 Å². The van der Waals surface area contributed by atoms with Gasteiger partial charge in [0.1, 0.15) is 6.04 Å². The van der Waals surface area contributed by atoms with E-state index in [-0.39, 0.29) is 6.04 Å². The number of hydrogen-bond acceptors (Lipinski definition) is 4. The fourth-order valence-electron chi connectivity index (χ4n) is 2.78. The van der Waals surface area contributed by atoms with Crippen LogP contribution in [-0.4, -0.2) is 33.5 Å². The van der Waals surface area contributed by atoms with Crippen molar-refractivity contribution in [3.05, 3.63) is 52.0 Å². The normalized spacial score (nSPS) is 19.0. The molecule has 1 unspecified atom stereocenters. The lowest BCUT2D eigenvalue weighted by Gasteiger charge is -2.19. The average molecular weight is 302 g/mol. The first-order valence-corrected chi connectivity index (χ1v) is 8.04. The summed E-state index contributed by atoms with van der Waals surface area (Å²) in [5.74, 6) is -0.716. The summed E-state index contributed by atoms with van der Waals surface area (Å²) in [4.78, 5) is 17.9. The molecule has 0 saturated carbocycles. The predicted molar refractivity (Wildman–Crippen MR) is 82.4 cm³/mol. The van der Waals surface area contributed by atoms with Gasteiger partial charge < -0.3 is 5.11 Å². The molecule has 1 N–H and O–H groups in total. The Labute approximate surface area is 128 Å². The van der Waals surface area contributed by atoms with E-state index in [4.69, 9.17) is 0 Å². The number of rotatable bonds is 5. The van der Waals surface area contributed by atoms with Crippen molar-refractivity contribution in [2.24, 2.45) is 0 Å².